The van der Waals surface area contributed by atoms with Crippen LogP contribution in [0.15, 0.2) is 127 Å². The Labute approximate surface area is 295 Å². The normalized spacial score (nSPS) is 19.1. The highest BCUT2D eigenvalue weighted by Crippen LogP contribution is 2.41. The number of aryl methyl sites for hydroxylation is 1. The van der Waals surface area contributed by atoms with Crippen LogP contribution in [0, 0.1) is 0 Å². The summed E-state index contributed by atoms with van der Waals surface area (Å²) in [6.45, 7) is 3.97. The van der Waals surface area contributed by atoms with Crippen LogP contribution in [0.3, 0.4) is 0 Å². The summed E-state index contributed by atoms with van der Waals surface area (Å²) in [5, 5.41) is 0.600. The van der Waals surface area contributed by atoms with E-state index in [0.29, 0.717) is 50.0 Å². The van der Waals surface area contributed by atoms with Gasteiger partial charge in [-0.25, -0.2) is 0 Å². The number of halogens is 1. The lowest BCUT2D eigenvalue weighted by atomic mass is 9.90. The summed E-state index contributed by atoms with van der Waals surface area (Å²) in [6.07, 6.45) is 0.925. The van der Waals surface area contributed by atoms with Crippen molar-refractivity contribution in [3.63, 3.8) is 0 Å². The predicted molar refractivity (Wildman–Crippen MR) is 195 cm³/mol. The molecule has 0 bridgehead atoms. The van der Waals surface area contributed by atoms with E-state index in [1.807, 2.05) is 60.7 Å². The summed E-state index contributed by atoms with van der Waals surface area (Å²) in [7, 11) is 1.65. The van der Waals surface area contributed by atoms with Gasteiger partial charge in [0.2, 0.25) is 0 Å². The van der Waals surface area contributed by atoms with Crippen LogP contribution in [-0.4, -0.2) is 32.0 Å². The highest BCUT2D eigenvalue weighted by molar-refractivity contribution is 6.32. The molecule has 5 aromatic rings. The lowest BCUT2D eigenvalue weighted by Crippen LogP contribution is -2.47. The second-order valence-corrected chi connectivity index (χ2v) is 12.9. The van der Waals surface area contributed by atoms with Crippen molar-refractivity contribution in [1.29, 1.82) is 0 Å². The number of methoxy groups -OCH3 is 1. The summed E-state index contributed by atoms with van der Waals surface area (Å²) >= 11 is 6.97. The van der Waals surface area contributed by atoms with E-state index in [9.17, 15) is 0 Å². The fourth-order valence-corrected chi connectivity index (χ4v) is 6.57. The molecule has 0 radical (unpaired) electrons. The van der Waals surface area contributed by atoms with E-state index >= 15 is 0 Å². The predicted octanol–water partition coefficient (Wildman–Crippen LogP) is 9.72. The molecule has 0 saturated carbocycles. The summed E-state index contributed by atoms with van der Waals surface area (Å²) in [5.41, 5.74) is 7.69. The van der Waals surface area contributed by atoms with Crippen molar-refractivity contribution in [3.05, 3.63) is 171 Å². The number of hydrogen-bond donors (Lipinski definition) is 0. The van der Waals surface area contributed by atoms with Crippen molar-refractivity contribution in [2.75, 3.05) is 13.7 Å². The van der Waals surface area contributed by atoms with Gasteiger partial charge in [0.1, 0.15) is 18.0 Å². The van der Waals surface area contributed by atoms with Crippen molar-refractivity contribution >= 4 is 11.6 Å². The summed E-state index contributed by atoms with van der Waals surface area (Å²) < 4.78 is 32.5. The van der Waals surface area contributed by atoms with Gasteiger partial charge in [0.05, 0.1) is 50.8 Å². The van der Waals surface area contributed by atoms with Crippen LogP contribution in [0.1, 0.15) is 58.4 Å². The summed E-state index contributed by atoms with van der Waals surface area (Å²) in [5.74, 6) is 0.606. The standard InChI is InChI=1S/C43H45ClO5/c1-3-31-19-21-32(22-20-31)23-36-24-37(25-39(45-2)41(36)44)42-43(48-29-35-17-11-6-12-18-35)40(47-28-34-15-9-5-10-16-34)26-38(49-42)30-46-27-33-13-7-4-8-14-33/h4-22,24-25,38,40,42-43H,3,23,26-30H2,1-2H3/t38-,40-,42?,43+/m0/s1. The Hall–Kier alpha value is -3.97. The molecule has 6 heteroatoms. The van der Waals surface area contributed by atoms with Gasteiger partial charge in [-0.2, -0.15) is 0 Å². The molecule has 6 rings (SSSR count). The van der Waals surface area contributed by atoms with Gasteiger partial charge in [0.15, 0.2) is 0 Å². The summed E-state index contributed by atoms with van der Waals surface area (Å²) in [6, 6.07) is 43.5. The van der Waals surface area contributed by atoms with Gasteiger partial charge in [-0.15, -0.1) is 0 Å². The zero-order chi connectivity index (χ0) is 33.8. The maximum Gasteiger partial charge on any atom is 0.138 e. The molecule has 1 aliphatic heterocycles. The number of hydrogen-bond acceptors (Lipinski definition) is 5. The highest BCUT2D eigenvalue weighted by atomic mass is 35.5. The fourth-order valence-electron chi connectivity index (χ4n) is 6.32. The maximum atomic E-state index is 6.97. The minimum Gasteiger partial charge on any atom is -0.495 e. The van der Waals surface area contributed by atoms with Gasteiger partial charge in [-0.3, -0.25) is 0 Å². The van der Waals surface area contributed by atoms with E-state index in [-0.39, 0.29) is 12.2 Å². The largest absolute Gasteiger partial charge is 0.495 e. The number of benzene rings is 5. The first-order valence-corrected chi connectivity index (χ1v) is 17.5. The number of ether oxygens (including phenoxy) is 5. The van der Waals surface area contributed by atoms with Crippen molar-refractivity contribution in [3.8, 4) is 5.75 Å². The van der Waals surface area contributed by atoms with Crippen molar-refractivity contribution < 1.29 is 23.7 Å². The van der Waals surface area contributed by atoms with Crippen LogP contribution in [0.2, 0.25) is 5.02 Å². The van der Waals surface area contributed by atoms with E-state index in [1.54, 1.807) is 7.11 Å². The van der Waals surface area contributed by atoms with E-state index in [0.717, 1.165) is 34.2 Å². The highest BCUT2D eigenvalue weighted by Gasteiger charge is 2.42. The van der Waals surface area contributed by atoms with Crippen LogP contribution in [0.5, 0.6) is 5.75 Å². The Morgan fingerprint density at radius 3 is 1.84 bits per heavy atom. The van der Waals surface area contributed by atoms with Crippen molar-refractivity contribution in [2.45, 2.75) is 70.4 Å². The molecule has 0 N–H and O–H groups in total. The molecule has 0 amide bonds. The van der Waals surface area contributed by atoms with Crippen LogP contribution in [0.25, 0.3) is 0 Å². The third kappa shape index (κ3) is 9.60. The lowest BCUT2D eigenvalue weighted by molar-refractivity contribution is -0.219. The third-order valence-corrected chi connectivity index (χ3v) is 9.45. The Bertz CT molecular complexity index is 1710. The van der Waals surface area contributed by atoms with Gasteiger partial charge in [-0.1, -0.05) is 140 Å². The molecule has 1 saturated heterocycles. The maximum absolute atomic E-state index is 6.97. The Morgan fingerprint density at radius 1 is 0.673 bits per heavy atom. The molecule has 0 aromatic heterocycles. The quantitative estimate of drug-likeness (QED) is 0.111. The minimum absolute atomic E-state index is 0.224. The average molecular weight is 677 g/mol. The van der Waals surface area contributed by atoms with E-state index in [1.165, 1.54) is 11.1 Å². The molecule has 0 aliphatic carbocycles. The van der Waals surface area contributed by atoms with Crippen molar-refractivity contribution in [1.82, 2.24) is 0 Å². The van der Waals surface area contributed by atoms with Gasteiger partial charge < -0.3 is 23.7 Å². The molecule has 1 fully saturated rings. The molecule has 5 aromatic carbocycles. The second-order valence-electron chi connectivity index (χ2n) is 12.6. The Balaban J connectivity index is 1.32. The molecular formula is C43H45ClO5. The first-order chi connectivity index (χ1) is 24.1. The molecule has 1 heterocycles. The van der Waals surface area contributed by atoms with Crippen LogP contribution in [0.4, 0.5) is 0 Å². The minimum atomic E-state index is -0.462. The molecule has 4 atom stereocenters. The first kappa shape index (κ1) is 34.9. The van der Waals surface area contributed by atoms with E-state index < -0.39 is 12.2 Å². The number of rotatable bonds is 15. The SMILES string of the molecule is CCc1ccc(Cc2cc(C3O[C@H](COCc4ccccc4)C[C@H](OCc4ccccc4)[C@H]3OCc3ccccc3)cc(OC)c2Cl)cc1. The van der Waals surface area contributed by atoms with Crippen LogP contribution >= 0.6 is 11.6 Å². The van der Waals surface area contributed by atoms with Gasteiger partial charge >= 0.3 is 0 Å². The first-order valence-electron chi connectivity index (χ1n) is 17.1. The molecule has 0 spiro atoms. The van der Waals surface area contributed by atoms with Gasteiger partial charge in [0, 0.05) is 6.42 Å². The smallest absolute Gasteiger partial charge is 0.138 e. The van der Waals surface area contributed by atoms with Gasteiger partial charge in [0.25, 0.3) is 0 Å². The molecule has 5 nitrogen and oxygen atoms in total. The molecule has 254 valence electrons. The van der Waals surface area contributed by atoms with Gasteiger partial charge in [-0.05, 0) is 57.9 Å². The third-order valence-electron chi connectivity index (χ3n) is 9.02. The van der Waals surface area contributed by atoms with E-state index in [2.05, 4.69) is 73.7 Å². The Kier molecular flexibility index (Phi) is 12.5. The topological polar surface area (TPSA) is 46.2 Å². The fraction of sp³-hybridized carbons (Fsp3) is 0.302. The molecule has 1 aliphatic rings. The molecule has 1 unspecified atom stereocenters. The zero-order valence-electron chi connectivity index (χ0n) is 28.3. The summed E-state index contributed by atoms with van der Waals surface area (Å²) in [4.78, 5) is 0. The van der Waals surface area contributed by atoms with E-state index in [4.69, 9.17) is 35.3 Å². The lowest BCUT2D eigenvalue weighted by Gasteiger charge is -2.42. The van der Waals surface area contributed by atoms with Crippen LogP contribution < -0.4 is 4.74 Å². The second kappa shape index (κ2) is 17.6. The molecule has 49 heavy (non-hydrogen) atoms. The van der Waals surface area contributed by atoms with Crippen molar-refractivity contribution in [2.24, 2.45) is 0 Å². The molecular weight excluding hydrogens is 632 g/mol. The Morgan fingerprint density at radius 2 is 1.24 bits per heavy atom. The monoisotopic (exact) mass is 676 g/mol. The average Bonchev–Trinajstić information content (AvgIpc) is 3.15. The van der Waals surface area contributed by atoms with Crippen LogP contribution in [-0.2, 0) is 51.6 Å². The zero-order valence-corrected chi connectivity index (χ0v) is 29.1.